The minimum absolute atomic E-state index is 0.220. The van der Waals surface area contributed by atoms with E-state index < -0.39 is 0 Å². The van der Waals surface area contributed by atoms with Gasteiger partial charge in [-0.2, -0.15) is 4.80 Å². The molecule has 2 aromatic rings. The van der Waals surface area contributed by atoms with Crippen LogP contribution < -0.4 is 5.73 Å². The van der Waals surface area contributed by atoms with Gasteiger partial charge >= 0.3 is 0 Å². The van der Waals surface area contributed by atoms with Crippen LogP contribution in [0.15, 0.2) is 16.5 Å². The van der Waals surface area contributed by atoms with E-state index in [9.17, 15) is 0 Å². The van der Waals surface area contributed by atoms with E-state index in [0.29, 0.717) is 12.2 Å². The van der Waals surface area contributed by atoms with Crippen molar-refractivity contribution in [1.82, 2.24) is 20.2 Å². The summed E-state index contributed by atoms with van der Waals surface area (Å²) in [5, 5.41) is 11.7. The third kappa shape index (κ3) is 2.21. The second-order valence-corrected chi connectivity index (χ2v) is 3.45. The molecule has 15 heavy (non-hydrogen) atoms. The fraction of sp³-hybridized carbons (Fsp3) is 0.444. The van der Waals surface area contributed by atoms with Crippen LogP contribution in [0.2, 0.25) is 0 Å². The molecule has 6 heteroatoms. The first kappa shape index (κ1) is 9.85. The highest BCUT2D eigenvalue weighted by Crippen LogP contribution is 2.16. The number of furan rings is 1. The molecule has 1 unspecified atom stereocenters. The lowest BCUT2D eigenvalue weighted by atomic mass is 10.1. The van der Waals surface area contributed by atoms with Crippen molar-refractivity contribution in [2.24, 2.45) is 12.8 Å². The molecule has 0 spiro atoms. The third-order valence-corrected chi connectivity index (χ3v) is 2.08. The Morgan fingerprint density at radius 2 is 2.33 bits per heavy atom. The Hall–Kier alpha value is -1.69. The zero-order valence-electron chi connectivity index (χ0n) is 8.71. The average molecular weight is 207 g/mol. The Balaban J connectivity index is 2.06. The Labute approximate surface area is 87.1 Å². The van der Waals surface area contributed by atoms with Crippen LogP contribution in [0.25, 0.3) is 0 Å². The minimum atomic E-state index is -0.220. The van der Waals surface area contributed by atoms with E-state index in [4.69, 9.17) is 10.2 Å². The fourth-order valence-corrected chi connectivity index (χ4v) is 1.36. The van der Waals surface area contributed by atoms with Crippen molar-refractivity contribution in [3.05, 3.63) is 29.5 Å². The van der Waals surface area contributed by atoms with E-state index in [-0.39, 0.29) is 6.04 Å². The maximum absolute atomic E-state index is 5.94. The summed E-state index contributed by atoms with van der Waals surface area (Å²) in [6.07, 6.45) is 0.529. The molecule has 0 aromatic carbocycles. The van der Waals surface area contributed by atoms with Crippen molar-refractivity contribution >= 4 is 0 Å². The second-order valence-electron chi connectivity index (χ2n) is 3.45. The maximum atomic E-state index is 5.94. The molecule has 0 aliphatic rings. The Morgan fingerprint density at radius 1 is 1.53 bits per heavy atom. The fourth-order valence-electron chi connectivity index (χ4n) is 1.36. The molecule has 2 aromatic heterocycles. The van der Waals surface area contributed by atoms with Gasteiger partial charge in [-0.15, -0.1) is 10.2 Å². The molecule has 0 amide bonds. The normalized spacial score (nSPS) is 13.0. The summed E-state index contributed by atoms with van der Waals surface area (Å²) in [4.78, 5) is 1.41. The molecule has 80 valence electrons. The van der Waals surface area contributed by atoms with E-state index >= 15 is 0 Å². The Bertz CT molecular complexity index is 447. The number of tetrazole rings is 1. The van der Waals surface area contributed by atoms with Crippen molar-refractivity contribution < 1.29 is 4.42 Å². The summed E-state index contributed by atoms with van der Waals surface area (Å²) >= 11 is 0. The average Bonchev–Trinajstić information content (AvgIpc) is 2.75. The van der Waals surface area contributed by atoms with Gasteiger partial charge < -0.3 is 10.2 Å². The maximum Gasteiger partial charge on any atom is 0.176 e. The van der Waals surface area contributed by atoms with E-state index in [1.807, 2.05) is 19.1 Å². The van der Waals surface area contributed by atoms with E-state index in [0.717, 1.165) is 11.5 Å². The topological polar surface area (TPSA) is 82.8 Å². The standard InChI is InChI=1S/C9H13N5O/c1-6-3-4-8(15-6)7(10)5-9-11-13-14(2)12-9/h3-4,7H,5,10H2,1-2H3. The van der Waals surface area contributed by atoms with Gasteiger partial charge in [0.25, 0.3) is 0 Å². The van der Waals surface area contributed by atoms with Crippen LogP contribution >= 0.6 is 0 Å². The quantitative estimate of drug-likeness (QED) is 0.785. The molecule has 0 radical (unpaired) electrons. The molecule has 6 nitrogen and oxygen atoms in total. The molecule has 0 bridgehead atoms. The van der Waals surface area contributed by atoms with Gasteiger partial charge in [0.05, 0.1) is 13.1 Å². The summed E-state index contributed by atoms with van der Waals surface area (Å²) in [6, 6.07) is 3.54. The van der Waals surface area contributed by atoms with Crippen LogP contribution in [0.1, 0.15) is 23.4 Å². The summed E-state index contributed by atoms with van der Waals surface area (Å²) in [6.45, 7) is 1.89. The molecule has 1 atom stereocenters. The molecule has 2 rings (SSSR count). The summed E-state index contributed by atoms with van der Waals surface area (Å²) in [5.41, 5.74) is 5.94. The number of nitrogens with zero attached hydrogens (tertiary/aromatic N) is 4. The molecule has 0 aliphatic carbocycles. The zero-order chi connectivity index (χ0) is 10.8. The van der Waals surface area contributed by atoms with Crippen molar-refractivity contribution in [2.45, 2.75) is 19.4 Å². The number of aryl methyl sites for hydroxylation is 2. The first-order chi connectivity index (χ1) is 7.15. The largest absolute Gasteiger partial charge is 0.465 e. The number of aromatic nitrogens is 4. The monoisotopic (exact) mass is 207 g/mol. The van der Waals surface area contributed by atoms with Crippen molar-refractivity contribution in [3.8, 4) is 0 Å². The summed E-state index contributed by atoms with van der Waals surface area (Å²) in [7, 11) is 1.72. The van der Waals surface area contributed by atoms with Gasteiger partial charge in [0.1, 0.15) is 11.5 Å². The Kier molecular flexibility index (Phi) is 2.51. The van der Waals surface area contributed by atoms with Crippen LogP contribution in [0, 0.1) is 6.92 Å². The van der Waals surface area contributed by atoms with Gasteiger partial charge in [-0.1, -0.05) is 0 Å². The predicted molar refractivity (Wildman–Crippen MR) is 52.9 cm³/mol. The first-order valence-electron chi connectivity index (χ1n) is 4.70. The lowest BCUT2D eigenvalue weighted by Crippen LogP contribution is -2.13. The highest BCUT2D eigenvalue weighted by molar-refractivity contribution is 5.10. The van der Waals surface area contributed by atoms with Gasteiger partial charge in [0.2, 0.25) is 0 Å². The highest BCUT2D eigenvalue weighted by atomic mass is 16.3. The lowest BCUT2D eigenvalue weighted by Gasteiger charge is -2.04. The second kappa shape index (κ2) is 3.82. The number of rotatable bonds is 3. The van der Waals surface area contributed by atoms with Gasteiger partial charge in [0.15, 0.2) is 5.82 Å². The molecular formula is C9H13N5O. The van der Waals surface area contributed by atoms with Crippen LogP contribution in [-0.2, 0) is 13.5 Å². The molecule has 0 saturated carbocycles. The molecule has 0 aliphatic heterocycles. The van der Waals surface area contributed by atoms with Crippen LogP contribution in [-0.4, -0.2) is 20.2 Å². The van der Waals surface area contributed by atoms with Gasteiger partial charge in [-0.3, -0.25) is 0 Å². The zero-order valence-corrected chi connectivity index (χ0v) is 8.71. The van der Waals surface area contributed by atoms with E-state index in [1.54, 1.807) is 7.05 Å². The van der Waals surface area contributed by atoms with Crippen molar-refractivity contribution in [2.75, 3.05) is 0 Å². The summed E-state index contributed by atoms with van der Waals surface area (Å²) < 4.78 is 5.42. The summed E-state index contributed by atoms with van der Waals surface area (Å²) in [5.74, 6) is 2.23. The number of hydrogen-bond acceptors (Lipinski definition) is 5. The molecule has 0 fully saturated rings. The van der Waals surface area contributed by atoms with Crippen LogP contribution in [0.3, 0.4) is 0 Å². The molecular weight excluding hydrogens is 194 g/mol. The highest BCUT2D eigenvalue weighted by Gasteiger charge is 2.13. The smallest absolute Gasteiger partial charge is 0.176 e. The first-order valence-corrected chi connectivity index (χ1v) is 4.70. The third-order valence-electron chi connectivity index (χ3n) is 2.08. The number of hydrogen-bond donors (Lipinski definition) is 1. The van der Waals surface area contributed by atoms with Gasteiger partial charge in [-0.25, -0.2) is 0 Å². The molecule has 2 N–H and O–H groups in total. The molecule has 2 heterocycles. The predicted octanol–water partition coefficient (Wildman–Crippen LogP) is 0.354. The van der Waals surface area contributed by atoms with Gasteiger partial charge in [-0.05, 0) is 24.3 Å². The van der Waals surface area contributed by atoms with Crippen LogP contribution in [0.4, 0.5) is 0 Å². The van der Waals surface area contributed by atoms with E-state index in [2.05, 4.69) is 15.4 Å². The van der Waals surface area contributed by atoms with Crippen molar-refractivity contribution in [1.29, 1.82) is 0 Å². The van der Waals surface area contributed by atoms with E-state index in [1.165, 1.54) is 4.80 Å². The minimum Gasteiger partial charge on any atom is -0.465 e. The van der Waals surface area contributed by atoms with Crippen molar-refractivity contribution in [3.63, 3.8) is 0 Å². The van der Waals surface area contributed by atoms with Gasteiger partial charge in [0, 0.05) is 6.42 Å². The number of nitrogens with two attached hydrogens (primary N) is 1. The molecule has 0 saturated heterocycles. The Morgan fingerprint density at radius 3 is 2.87 bits per heavy atom. The van der Waals surface area contributed by atoms with Crippen LogP contribution in [0.5, 0.6) is 0 Å². The SMILES string of the molecule is Cc1ccc(C(N)Cc2nnn(C)n2)o1. The lowest BCUT2D eigenvalue weighted by molar-refractivity contribution is 0.441.